The Kier molecular flexibility index (Phi) is 5.97. The van der Waals surface area contributed by atoms with Gasteiger partial charge >= 0.3 is 5.97 Å². The minimum Gasteiger partial charge on any atom is -0.481 e. The van der Waals surface area contributed by atoms with Crippen molar-refractivity contribution >= 4 is 11.9 Å². The summed E-state index contributed by atoms with van der Waals surface area (Å²) in [6.45, 7) is 0.638. The Labute approximate surface area is 101 Å². The highest BCUT2D eigenvalue weighted by atomic mass is 16.4. The number of carboxylic acid groups (broad SMARTS) is 1. The zero-order valence-electron chi connectivity index (χ0n) is 10.0. The van der Waals surface area contributed by atoms with Gasteiger partial charge in [-0.05, 0) is 25.7 Å². The molecule has 1 saturated carbocycles. The summed E-state index contributed by atoms with van der Waals surface area (Å²) in [5, 5.41) is 20.4. The van der Waals surface area contributed by atoms with Gasteiger partial charge in [-0.2, -0.15) is 0 Å². The maximum atomic E-state index is 11.8. The molecule has 98 valence electrons. The molecule has 0 aliphatic heterocycles. The predicted molar refractivity (Wildman–Crippen MR) is 62.4 cm³/mol. The Bertz CT molecular complexity index is 267. The quantitative estimate of drug-likeness (QED) is 0.601. The minimum atomic E-state index is -0.861. The number of aliphatic hydroxyl groups excluding tert-OH is 1. The predicted octanol–water partition coefficient (Wildman–Crippen LogP) is 0.766. The van der Waals surface area contributed by atoms with E-state index in [1.807, 2.05) is 0 Å². The molecule has 1 fully saturated rings. The number of hydrogen-bond acceptors (Lipinski definition) is 3. The summed E-state index contributed by atoms with van der Waals surface area (Å²) >= 11 is 0. The second-order valence-corrected chi connectivity index (χ2v) is 4.56. The van der Waals surface area contributed by atoms with E-state index in [0.29, 0.717) is 25.8 Å². The van der Waals surface area contributed by atoms with Gasteiger partial charge in [-0.15, -0.1) is 0 Å². The van der Waals surface area contributed by atoms with Gasteiger partial charge in [0.15, 0.2) is 0 Å². The highest BCUT2D eigenvalue weighted by molar-refractivity contribution is 5.84. The molecule has 0 spiro atoms. The molecule has 2 atom stereocenters. The smallest absolute Gasteiger partial charge is 0.307 e. The number of rotatable bonds is 6. The molecule has 1 amide bonds. The summed E-state index contributed by atoms with van der Waals surface area (Å²) in [6.07, 6.45) is 4.48. The van der Waals surface area contributed by atoms with E-state index in [2.05, 4.69) is 5.32 Å². The number of carbonyl (C=O) groups is 2. The molecule has 0 heterocycles. The van der Waals surface area contributed by atoms with E-state index in [-0.39, 0.29) is 18.4 Å². The third-order valence-corrected chi connectivity index (χ3v) is 3.30. The van der Waals surface area contributed by atoms with Crippen LogP contribution in [0.5, 0.6) is 0 Å². The lowest BCUT2D eigenvalue weighted by Crippen LogP contribution is -2.40. The van der Waals surface area contributed by atoms with Crippen molar-refractivity contribution in [1.82, 2.24) is 5.32 Å². The number of nitrogens with one attached hydrogen (secondary N) is 1. The summed E-state index contributed by atoms with van der Waals surface area (Å²) in [7, 11) is 0. The van der Waals surface area contributed by atoms with Crippen molar-refractivity contribution in [2.45, 2.75) is 38.5 Å². The Morgan fingerprint density at radius 1 is 1.12 bits per heavy atom. The van der Waals surface area contributed by atoms with Crippen LogP contribution in [0.25, 0.3) is 0 Å². The van der Waals surface area contributed by atoms with Crippen LogP contribution in [0.2, 0.25) is 0 Å². The van der Waals surface area contributed by atoms with Crippen molar-refractivity contribution < 1.29 is 19.8 Å². The van der Waals surface area contributed by atoms with Crippen LogP contribution in [0.4, 0.5) is 0 Å². The largest absolute Gasteiger partial charge is 0.481 e. The molecule has 0 bridgehead atoms. The van der Waals surface area contributed by atoms with E-state index in [0.717, 1.165) is 19.3 Å². The molecular weight excluding hydrogens is 222 g/mol. The zero-order chi connectivity index (χ0) is 12.7. The van der Waals surface area contributed by atoms with Crippen molar-refractivity contribution in [1.29, 1.82) is 0 Å². The molecule has 1 rings (SSSR count). The van der Waals surface area contributed by atoms with Gasteiger partial charge in [0, 0.05) is 13.2 Å². The van der Waals surface area contributed by atoms with Crippen LogP contribution in [-0.4, -0.2) is 35.2 Å². The highest BCUT2D eigenvalue weighted by Crippen LogP contribution is 2.30. The van der Waals surface area contributed by atoms with Gasteiger partial charge in [-0.3, -0.25) is 9.59 Å². The molecule has 17 heavy (non-hydrogen) atoms. The number of carbonyl (C=O) groups excluding carboxylic acids is 1. The summed E-state index contributed by atoms with van der Waals surface area (Å²) < 4.78 is 0. The van der Waals surface area contributed by atoms with Crippen LogP contribution in [0.1, 0.15) is 38.5 Å². The van der Waals surface area contributed by atoms with E-state index in [9.17, 15) is 9.59 Å². The van der Waals surface area contributed by atoms with Crippen LogP contribution in [0, 0.1) is 11.8 Å². The number of unbranched alkanes of at least 4 members (excludes halogenated alkanes) is 1. The van der Waals surface area contributed by atoms with Gasteiger partial charge < -0.3 is 15.5 Å². The van der Waals surface area contributed by atoms with E-state index in [4.69, 9.17) is 10.2 Å². The monoisotopic (exact) mass is 243 g/mol. The van der Waals surface area contributed by atoms with Crippen molar-refractivity contribution in [3.63, 3.8) is 0 Å². The van der Waals surface area contributed by atoms with E-state index in [1.54, 1.807) is 0 Å². The normalized spacial score (nSPS) is 24.3. The average Bonchev–Trinajstić information content (AvgIpc) is 2.34. The lowest BCUT2D eigenvalue weighted by Gasteiger charge is -2.27. The maximum Gasteiger partial charge on any atom is 0.307 e. The molecule has 5 heteroatoms. The number of aliphatic carboxylic acids is 1. The Morgan fingerprint density at radius 2 is 1.76 bits per heavy atom. The first-order chi connectivity index (χ1) is 8.16. The van der Waals surface area contributed by atoms with Crippen LogP contribution in [-0.2, 0) is 9.59 Å². The lowest BCUT2D eigenvalue weighted by molar-refractivity contribution is -0.148. The molecule has 1 aliphatic rings. The fourth-order valence-corrected chi connectivity index (χ4v) is 2.32. The number of amides is 1. The molecule has 0 radical (unpaired) electrons. The van der Waals surface area contributed by atoms with Crippen molar-refractivity contribution in [3.05, 3.63) is 0 Å². The minimum absolute atomic E-state index is 0.122. The molecular formula is C12H21NO4. The van der Waals surface area contributed by atoms with Crippen LogP contribution >= 0.6 is 0 Å². The number of carboxylic acids is 1. The number of hydrogen-bond donors (Lipinski definition) is 3. The van der Waals surface area contributed by atoms with Gasteiger partial charge in [0.2, 0.25) is 5.91 Å². The molecule has 0 aromatic rings. The third kappa shape index (κ3) is 4.34. The second-order valence-electron chi connectivity index (χ2n) is 4.56. The van der Waals surface area contributed by atoms with Gasteiger partial charge in [0.1, 0.15) is 0 Å². The van der Waals surface area contributed by atoms with Crippen LogP contribution < -0.4 is 5.32 Å². The molecule has 2 unspecified atom stereocenters. The van der Waals surface area contributed by atoms with Gasteiger partial charge in [0.25, 0.3) is 0 Å². The molecule has 1 aliphatic carbocycles. The third-order valence-electron chi connectivity index (χ3n) is 3.30. The van der Waals surface area contributed by atoms with Gasteiger partial charge in [-0.1, -0.05) is 12.8 Å². The first kappa shape index (κ1) is 14.0. The standard InChI is InChI=1S/C12H21NO4/c14-8-4-3-7-13-11(15)9-5-1-2-6-10(9)12(16)17/h9-10,14H,1-8H2,(H,13,15)(H,16,17). The molecule has 3 N–H and O–H groups in total. The molecule has 0 saturated heterocycles. The summed E-state index contributed by atoms with van der Waals surface area (Å²) in [5.41, 5.74) is 0. The zero-order valence-corrected chi connectivity index (χ0v) is 10.0. The van der Waals surface area contributed by atoms with Gasteiger partial charge in [-0.25, -0.2) is 0 Å². The van der Waals surface area contributed by atoms with E-state index in [1.165, 1.54) is 0 Å². The average molecular weight is 243 g/mol. The van der Waals surface area contributed by atoms with Crippen LogP contribution in [0.3, 0.4) is 0 Å². The summed E-state index contributed by atoms with van der Waals surface area (Å²) in [5.74, 6) is -1.91. The van der Waals surface area contributed by atoms with Crippen molar-refractivity contribution in [3.8, 4) is 0 Å². The molecule has 0 aromatic carbocycles. The van der Waals surface area contributed by atoms with Gasteiger partial charge in [0.05, 0.1) is 11.8 Å². The fourth-order valence-electron chi connectivity index (χ4n) is 2.32. The topological polar surface area (TPSA) is 86.6 Å². The van der Waals surface area contributed by atoms with Crippen molar-refractivity contribution in [2.75, 3.05) is 13.2 Å². The highest BCUT2D eigenvalue weighted by Gasteiger charge is 2.35. The van der Waals surface area contributed by atoms with E-state index < -0.39 is 11.9 Å². The summed E-state index contributed by atoms with van der Waals surface area (Å²) in [6, 6.07) is 0. The lowest BCUT2D eigenvalue weighted by atomic mass is 9.78. The number of aliphatic hydroxyl groups is 1. The summed E-state index contributed by atoms with van der Waals surface area (Å²) in [4.78, 5) is 22.9. The van der Waals surface area contributed by atoms with Crippen LogP contribution in [0.15, 0.2) is 0 Å². The Hall–Kier alpha value is -1.10. The first-order valence-electron chi connectivity index (χ1n) is 6.28. The maximum absolute atomic E-state index is 11.8. The molecule has 0 aromatic heterocycles. The second kappa shape index (κ2) is 7.27. The first-order valence-corrected chi connectivity index (χ1v) is 6.28. The van der Waals surface area contributed by atoms with Crippen molar-refractivity contribution in [2.24, 2.45) is 11.8 Å². The SMILES string of the molecule is O=C(O)C1CCCCC1C(=O)NCCCCO. The fraction of sp³-hybridized carbons (Fsp3) is 0.833. The Morgan fingerprint density at radius 3 is 2.35 bits per heavy atom. The van der Waals surface area contributed by atoms with E-state index >= 15 is 0 Å². The molecule has 5 nitrogen and oxygen atoms in total. The Balaban J connectivity index is 2.39.